The van der Waals surface area contributed by atoms with Crippen LogP contribution in [-0.2, 0) is 14.3 Å². The summed E-state index contributed by atoms with van der Waals surface area (Å²) in [6, 6.07) is 0. The second-order valence-electron chi connectivity index (χ2n) is 3.74. The van der Waals surface area contributed by atoms with Crippen LogP contribution in [0.5, 0.6) is 0 Å². The molecule has 1 rings (SSSR count). The van der Waals surface area contributed by atoms with Crippen molar-refractivity contribution in [2.75, 3.05) is 6.61 Å². The molecule has 1 heterocycles. The Morgan fingerprint density at radius 2 is 2.13 bits per heavy atom. The third-order valence-corrected chi connectivity index (χ3v) is 2.20. The number of esters is 1. The minimum absolute atomic E-state index is 0.338. The molecule has 0 aromatic carbocycles. The van der Waals surface area contributed by atoms with E-state index in [4.69, 9.17) is 9.47 Å². The summed E-state index contributed by atoms with van der Waals surface area (Å²) in [6.07, 6.45) is 7.27. The Balaban J connectivity index is 2.48. The van der Waals surface area contributed by atoms with Gasteiger partial charge in [-0.2, -0.15) is 0 Å². The van der Waals surface area contributed by atoms with Gasteiger partial charge in [-0.15, -0.1) is 0 Å². The second-order valence-corrected chi connectivity index (χ2v) is 3.74. The lowest BCUT2D eigenvalue weighted by Crippen LogP contribution is -2.07. The summed E-state index contributed by atoms with van der Waals surface area (Å²) in [5.41, 5.74) is 0.388. The smallest absolute Gasteiger partial charge is 0.340 e. The van der Waals surface area contributed by atoms with Crippen molar-refractivity contribution in [1.82, 2.24) is 0 Å². The van der Waals surface area contributed by atoms with Crippen LogP contribution in [-0.4, -0.2) is 12.6 Å². The Morgan fingerprint density at radius 1 is 1.40 bits per heavy atom. The fourth-order valence-corrected chi connectivity index (χ4v) is 1.30. The summed E-state index contributed by atoms with van der Waals surface area (Å²) in [4.78, 5) is 11.3. The van der Waals surface area contributed by atoms with E-state index < -0.39 is 5.97 Å². The molecule has 0 aromatic heterocycles. The molecule has 0 fully saturated rings. The number of ether oxygens (including phenoxy) is 2. The summed E-state index contributed by atoms with van der Waals surface area (Å²) < 4.78 is 10.4. The summed E-state index contributed by atoms with van der Waals surface area (Å²) >= 11 is 0. The molecule has 0 atom stereocenters. The second kappa shape index (κ2) is 6.27. The molecule has 3 heteroatoms. The Hall–Kier alpha value is -1.25. The first-order valence-corrected chi connectivity index (χ1v) is 5.41. The van der Waals surface area contributed by atoms with Gasteiger partial charge >= 0.3 is 5.97 Å². The minimum atomic E-state index is -0.416. The van der Waals surface area contributed by atoms with Gasteiger partial charge in [0.15, 0.2) is 0 Å². The number of carbonyl (C=O) groups excluding carboxylic acids is 1. The maximum Gasteiger partial charge on any atom is 0.340 e. The normalized spacial score (nSPS) is 21.0. The average molecular weight is 210 g/mol. The third kappa shape index (κ3) is 4.68. The molecule has 0 aliphatic carbocycles. The molecule has 0 N–H and O–H groups in total. The van der Waals surface area contributed by atoms with Crippen molar-refractivity contribution in [3.63, 3.8) is 0 Å². The molecule has 84 valence electrons. The largest absolute Gasteiger partial charge is 0.465 e. The van der Waals surface area contributed by atoms with E-state index in [1.54, 1.807) is 6.92 Å². The van der Waals surface area contributed by atoms with Crippen molar-refractivity contribution in [2.45, 2.75) is 39.0 Å². The fourth-order valence-electron chi connectivity index (χ4n) is 1.30. The van der Waals surface area contributed by atoms with Gasteiger partial charge in [0.1, 0.15) is 0 Å². The molecular weight excluding hydrogens is 192 g/mol. The average Bonchev–Trinajstić information content (AvgIpc) is 2.31. The van der Waals surface area contributed by atoms with Crippen molar-refractivity contribution in [3.05, 3.63) is 24.2 Å². The molecule has 0 radical (unpaired) electrons. The van der Waals surface area contributed by atoms with E-state index >= 15 is 0 Å². The first kappa shape index (κ1) is 11.8. The predicted molar refractivity (Wildman–Crippen MR) is 58.0 cm³/mol. The van der Waals surface area contributed by atoms with Gasteiger partial charge in [-0.05, 0) is 32.3 Å². The van der Waals surface area contributed by atoms with E-state index in [-0.39, 0.29) is 0 Å². The highest BCUT2D eigenvalue weighted by Crippen LogP contribution is 2.13. The van der Waals surface area contributed by atoms with E-state index in [9.17, 15) is 4.79 Å². The molecule has 3 nitrogen and oxygen atoms in total. The summed E-state index contributed by atoms with van der Waals surface area (Å²) in [6.45, 7) is 5.77. The van der Waals surface area contributed by atoms with E-state index in [0.717, 1.165) is 19.3 Å². The molecule has 0 saturated carbocycles. The summed E-state index contributed by atoms with van der Waals surface area (Å²) in [7, 11) is 0. The zero-order valence-corrected chi connectivity index (χ0v) is 9.25. The highest BCUT2D eigenvalue weighted by Gasteiger charge is 2.09. The lowest BCUT2D eigenvalue weighted by molar-refractivity contribution is -0.140. The lowest BCUT2D eigenvalue weighted by atomic mass is 10.1. The first-order chi connectivity index (χ1) is 7.20. The SMILES string of the molecule is C=C(C)C(=O)O/C1=C/CCCCCCO1. The van der Waals surface area contributed by atoms with Gasteiger partial charge in [-0.25, -0.2) is 4.79 Å². The van der Waals surface area contributed by atoms with Crippen LogP contribution in [0.4, 0.5) is 0 Å². The zero-order chi connectivity index (χ0) is 11.1. The van der Waals surface area contributed by atoms with Gasteiger partial charge in [0.25, 0.3) is 5.95 Å². The zero-order valence-electron chi connectivity index (χ0n) is 9.25. The van der Waals surface area contributed by atoms with Gasteiger partial charge in [0.2, 0.25) is 0 Å². The lowest BCUT2D eigenvalue weighted by Gasteiger charge is -2.09. The van der Waals surface area contributed by atoms with Crippen LogP contribution in [0.2, 0.25) is 0 Å². The quantitative estimate of drug-likeness (QED) is 0.519. The van der Waals surface area contributed by atoms with Crippen LogP contribution < -0.4 is 0 Å². The third-order valence-electron chi connectivity index (χ3n) is 2.20. The Kier molecular flexibility index (Phi) is 4.95. The van der Waals surface area contributed by atoms with Gasteiger partial charge < -0.3 is 9.47 Å². The van der Waals surface area contributed by atoms with Crippen molar-refractivity contribution in [3.8, 4) is 0 Å². The van der Waals surface area contributed by atoms with Gasteiger partial charge in [-0.1, -0.05) is 19.4 Å². The topological polar surface area (TPSA) is 35.5 Å². The van der Waals surface area contributed by atoms with Crippen LogP contribution in [0.15, 0.2) is 24.2 Å². The Morgan fingerprint density at radius 3 is 2.87 bits per heavy atom. The molecule has 1 aliphatic heterocycles. The molecule has 0 unspecified atom stereocenters. The van der Waals surface area contributed by atoms with Gasteiger partial charge in [-0.3, -0.25) is 0 Å². The van der Waals surface area contributed by atoms with Crippen LogP contribution in [0.3, 0.4) is 0 Å². The minimum Gasteiger partial charge on any atom is -0.465 e. The monoisotopic (exact) mass is 210 g/mol. The van der Waals surface area contributed by atoms with E-state index in [1.165, 1.54) is 12.8 Å². The first-order valence-electron chi connectivity index (χ1n) is 5.41. The number of allylic oxidation sites excluding steroid dienone is 1. The van der Waals surface area contributed by atoms with Crippen molar-refractivity contribution in [2.24, 2.45) is 0 Å². The maximum absolute atomic E-state index is 11.3. The fraction of sp³-hybridized carbons (Fsp3) is 0.583. The van der Waals surface area contributed by atoms with E-state index in [2.05, 4.69) is 6.58 Å². The molecule has 15 heavy (non-hydrogen) atoms. The molecular formula is C12H18O3. The maximum atomic E-state index is 11.3. The highest BCUT2D eigenvalue weighted by molar-refractivity contribution is 5.87. The molecule has 0 aromatic rings. The Bertz CT molecular complexity index is 266. The number of hydrogen-bond donors (Lipinski definition) is 0. The number of carbonyl (C=O) groups is 1. The molecule has 0 amide bonds. The predicted octanol–water partition coefficient (Wildman–Crippen LogP) is 2.93. The molecule has 0 bridgehead atoms. The van der Waals surface area contributed by atoms with Crippen LogP contribution in [0.1, 0.15) is 39.0 Å². The van der Waals surface area contributed by atoms with Gasteiger partial charge in [0, 0.05) is 5.57 Å². The molecule has 0 saturated heterocycles. The van der Waals surface area contributed by atoms with Crippen LogP contribution in [0.25, 0.3) is 0 Å². The molecule has 0 spiro atoms. The number of rotatable bonds is 2. The summed E-state index contributed by atoms with van der Waals surface area (Å²) in [5, 5.41) is 0. The Labute approximate surface area is 90.8 Å². The standard InChI is InChI=1S/C12H18O3/c1-10(2)12(13)15-11-8-6-4-3-5-7-9-14-11/h8H,1,3-7,9H2,2H3/b11-8+. The van der Waals surface area contributed by atoms with Crippen molar-refractivity contribution in [1.29, 1.82) is 0 Å². The van der Waals surface area contributed by atoms with Crippen LogP contribution in [0, 0.1) is 0 Å². The van der Waals surface area contributed by atoms with Crippen molar-refractivity contribution < 1.29 is 14.3 Å². The number of hydrogen-bond acceptors (Lipinski definition) is 3. The van der Waals surface area contributed by atoms with E-state index in [1.807, 2.05) is 6.08 Å². The molecule has 1 aliphatic rings. The van der Waals surface area contributed by atoms with E-state index in [0.29, 0.717) is 18.1 Å². The van der Waals surface area contributed by atoms with Crippen LogP contribution >= 0.6 is 0 Å². The van der Waals surface area contributed by atoms with Gasteiger partial charge in [0.05, 0.1) is 6.61 Å². The highest BCUT2D eigenvalue weighted by atomic mass is 16.7. The van der Waals surface area contributed by atoms with Crippen molar-refractivity contribution >= 4 is 5.97 Å². The summed E-state index contributed by atoms with van der Waals surface area (Å²) in [5.74, 6) is -0.0783.